The first-order valence-corrected chi connectivity index (χ1v) is 5.67. The molecule has 0 spiro atoms. The lowest BCUT2D eigenvalue weighted by Crippen LogP contribution is -2.25. The number of ketones is 1. The standard InChI is InChI=1S/C12H17N3O/c13-6-8-2-1-3-9(8)12(16)10-7-15-5-4-11(10)14/h4-5,7-9H,1-3,6,13H2,(H2,14,15). The van der Waals surface area contributed by atoms with E-state index in [1.54, 1.807) is 18.5 Å². The average molecular weight is 219 g/mol. The van der Waals surface area contributed by atoms with Gasteiger partial charge in [0.1, 0.15) is 0 Å². The van der Waals surface area contributed by atoms with Crippen LogP contribution in [0.5, 0.6) is 0 Å². The van der Waals surface area contributed by atoms with E-state index in [1.807, 2.05) is 0 Å². The molecule has 0 aromatic carbocycles. The van der Waals surface area contributed by atoms with E-state index in [0.717, 1.165) is 19.3 Å². The lowest BCUT2D eigenvalue weighted by molar-refractivity contribution is 0.0894. The molecule has 16 heavy (non-hydrogen) atoms. The molecule has 1 aromatic heterocycles. The molecular formula is C12H17N3O. The Kier molecular flexibility index (Phi) is 3.19. The Hall–Kier alpha value is -1.42. The highest BCUT2D eigenvalue weighted by Gasteiger charge is 2.33. The van der Waals surface area contributed by atoms with Gasteiger partial charge in [-0.05, 0) is 31.4 Å². The average Bonchev–Trinajstić information content (AvgIpc) is 2.77. The Bertz CT molecular complexity index is 392. The number of nitrogens with two attached hydrogens (primary N) is 2. The third-order valence-electron chi connectivity index (χ3n) is 3.42. The summed E-state index contributed by atoms with van der Waals surface area (Å²) in [6, 6.07) is 1.67. The van der Waals surface area contributed by atoms with Crippen LogP contribution in [0.4, 0.5) is 5.69 Å². The van der Waals surface area contributed by atoms with Crippen molar-refractivity contribution in [3.8, 4) is 0 Å². The van der Waals surface area contributed by atoms with Gasteiger partial charge in [0.2, 0.25) is 0 Å². The third-order valence-corrected chi connectivity index (χ3v) is 3.42. The van der Waals surface area contributed by atoms with Crippen LogP contribution < -0.4 is 11.5 Å². The fourth-order valence-corrected chi connectivity index (χ4v) is 2.47. The maximum atomic E-state index is 12.3. The molecule has 2 atom stereocenters. The fourth-order valence-electron chi connectivity index (χ4n) is 2.47. The number of nitrogen functional groups attached to an aromatic ring is 1. The number of anilines is 1. The molecule has 0 amide bonds. The predicted octanol–water partition coefficient (Wildman–Crippen LogP) is 1.22. The summed E-state index contributed by atoms with van der Waals surface area (Å²) < 4.78 is 0. The number of carbonyl (C=O) groups excluding carboxylic acids is 1. The number of rotatable bonds is 3. The van der Waals surface area contributed by atoms with Crippen molar-refractivity contribution in [3.63, 3.8) is 0 Å². The van der Waals surface area contributed by atoms with Crippen molar-refractivity contribution >= 4 is 11.5 Å². The van der Waals surface area contributed by atoms with E-state index in [2.05, 4.69) is 4.98 Å². The minimum Gasteiger partial charge on any atom is -0.398 e. The topological polar surface area (TPSA) is 82.0 Å². The molecule has 4 nitrogen and oxygen atoms in total. The molecule has 1 aromatic rings. The highest BCUT2D eigenvalue weighted by molar-refractivity contribution is 6.02. The predicted molar refractivity (Wildman–Crippen MR) is 62.9 cm³/mol. The number of nitrogens with zero attached hydrogens (tertiary/aromatic N) is 1. The monoisotopic (exact) mass is 219 g/mol. The SMILES string of the molecule is NCC1CCCC1C(=O)c1cnccc1N. The zero-order chi connectivity index (χ0) is 11.5. The third kappa shape index (κ3) is 1.93. The number of carbonyl (C=O) groups is 1. The molecule has 1 saturated carbocycles. The molecule has 0 radical (unpaired) electrons. The van der Waals surface area contributed by atoms with E-state index in [0.29, 0.717) is 23.7 Å². The molecule has 1 aliphatic rings. The second kappa shape index (κ2) is 4.61. The lowest BCUT2D eigenvalue weighted by Gasteiger charge is -2.17. The molecule has 4 N–H and O–H groups in total. The Labute approximate surface area is 95.0 Å². The summed E-state index contributed by atoms with van der Waals surface area (Å²) >= 11 is 0. The fraction of sp³-hybridized carbons (Fsp3) is 0.500. The zero-order valence-corrected chi connectivity index (χ0v) is 9.23. The van der Waals surface area contributed by atoms with Crippen molar-refractivity contribution in [1.29, 1.82) is 0 Å². The molecule has 0 saturated heterocycles. The molecule has 1 fully saturated rings. The molecule has 4 heteroatoms. The van der Waals surface area contributed by atoms with Crippen molar-refractivity contribution in [2.45, 2.75) is 19.3 Å². The highest BCUT2D eigenvalue weighted by atomic mass is 16.1. The smallest absolute Gasteiger partial charge is 0.169 e. The van der Waals surface area contributed by atoms with Crippen molar-refractivity contribution in [1.82, 2.24) is 4.98 Å². The summed E-state index contributed by atoms with van der Waals surface area (Å²) in [4.78, 5) is 16.2. The van der Waals surface area contributed by atoms with Crippen LogP contribution in [0.1, 0.15) is 29.6 Å². The van der Waals surface area contributed by atoms with Crippen molar-refractivity contribution in [3.05, 3.63) is 24.0 Å². The van der Waals surface area contributed by atoms with Gasteiger partial charge in [0.25, 0.3) is 0 Å². The summed E-state index contributed by atoms with van der Waals surface area (Å²) in [7, 11) is 0. The summed E-state index contributed by atoms with van der Waals surface area (Å²) in [6.07, 6.45) is 6.21. The van der Waals surface area contributed by atoms with Gasteiger partial charge in [-0.2, -0.15) is 0 Å². The van der Waals surface area contributed by atoms with Crippen LogP contribution in [0.25, 0.3) is 0 Å². The van der Waals surface area contributed by atoms with Crippen molar-refractivity contribution in [2.24, 2.45) is 17.6 Å². The number of aromatic nitrogens is 1. The Morgan fingerprint density at radius 2 is 2.31 bits per heavy atom. The molecular weight excluding hydrogens is 202 g/mol. The molecule has 0 bridgehead atoms. The number of Topliss-reactive ketones (excluding diaryl/α,β-unsaturated/α-hetero) is 1. The number of hydrogen-bond acceptors (Lipinski definition) is 4. The molecule has 86 valence electrons. The first-order chi connectivity index (χ1) is 7.74. The van der Waals surface area contributed by atoms with E-state index in [1.165, 1.54) is 0 Å². The van der Waals surface area contributed by atoms with Gasteiger partial charge in [-0.1, -0.05) is 6.42 Å². The van der Waals surface area contributed by atoms with E-state index >= 15 is 0 Å². The van der Waals surface area contributed by atoms with Gasteiger partial charge in [-0.3, -0.25) is 9.78 Å². The van der Waals surface area contributed by atoms with Crippen LogP contribution in [-0.4, -0.2) is 17.3 Å². The summed E-state index contributed by atoms with van der Waals surface area (Å²) in [5.41, 5.74) is 12.5. The van der Waals surface area contributed by atoms with Crippen LogP contribution in [0, 0.1) is 11.8 Å². The summed E-state index contributed by atoms with van der Waals surface area (Å²) in [5.74, 6) is 0.460. The number of hydrogen-bond donors (Lipinski definition) is 2. The largest absolute Gasteiger partial charge is 0.398 e. The van der Waals surface area contributed by atoms with Gasteiger partial charge in [0.05, 0.1) is 5.56 Å². The van der Waals surface area contributed by atoms with Crippen LogP contribution in [0.2, 0.25) is 0 Å². The maximum Gasteiger partial charge on any atom is 0.169 e. The quantitative estimate of drug-likeness (QED) is 0.749. The Morgan fingerprint density at radius 1 is 1.50 bits per heavy atom. The molecule has 1 heterocycles. The highest BCUT2D eigenvalue weighted by Crippen LogP contribution is 2.34. The van der Waals surface area contributed by atoms with Crippen LogP contribution in [0.15, 0.2) is 18.5 Å². The van der Waals surface area contributed by atoms with Gasteiger partial charge in [0, 0.05) is 24.0 Å². The molecule has 2 unspecified atom stereocenters. The van der Waals surface area contributed by atoms with Crippen LogP contribution >= 0.6 is 0 Å². The van der Waals surface area contributed by atoms with E-state index in [9.17, 15) is 4.79 Å². The van der Waals surface area contributed by atoms with E-state index in [-0.39, 0.29) is 11.7 Å². The van der Waals surface area contributed by atoms with Gasteiger partial charge in [-0.15, -0.1) is 0 Å². The molecule has 2 rings (SSSR count). The first kappa shape index (κ1) is 11.1. The number of pyridine rings is 1. The zero-order valence-electron chi connectivity index (χ0n) is 9.23. The van der Waals surface area contributed by atoms with Gasteiger partial charge in [-0.25, -0.2) is 0 Å². The van der Waals surface area contributed by atoms with Gasteiger partial charge >= 0.3 is 0 Å². The summed E-state index contributed by atoms with van der Waals surface area (Å²) in [5, 5.41) is 0. The van der Waals surface area contributed by atoms with Crippen molar-refractivity contribution in [2.75, 3.05) is 12.3 Å². The second-order valence-electron chi connectivity index (χ2n) is 4.36. The minimum atomic E-state index is 0.0384. The normalized spacial score (nSPS) is 24.6. The maximum absolute atomic E-state index is 12.3. The Morgan fingerprint density at radius 3 is 3.00 bits per heavy atom. The molecule has 1 aliphatic carbocycles. The first-order valence-electron chi connectivity index (χ1n) is 5.67. The van der Waals surface area contributed by atoms with E-state index < -0.39 is 0 Å². The molecule has 0 aliphatic heterocycles. The van der Waals surface area contributed by atoms with Crippen LogP contribution in [0.3, 0.4) is 0 Å². The Balaban J connectivity index is 2.22. The summed E-state index contributed by atoms with van der Waals surface area (Å²) in [6.45, 7) is 0.580. The van der Waals surface area contributed by atoms with E-state index in [4.69, 9.17) is 11.5 Å². The lowest BCUT2D eigenvalue weighted by atomic mass is 9.88. The van der Waals surface area contributed by atoms with Gasteiger partial charge < -0.3 is 11.5 Å². The van der Waals surface area contributed by atoms with Crippen molar-refractivity contribution < 1.29 is 4.79 Å². The van der Waals surface area contributed by atoms with Gasteiger partial charge in [0.15, 0.2) is 5.78 Å². The van der Waals surface area contributed by atoms with Crippen LogP contribution in [-0.2, 0) is 0 Å². The minimum absolute atomic E-state index is 0.0384. The second-order valence-corrected chi connectivity index (χ2v) is 4.36.